The number of hydrogen-bond donors (Lipinski definition) is 1. The van der Waals surface area contributed by atoms with E-state index in [9.17, 15) is 4.39 Å². The summed E-state index contributed by atoms with van der Waals surface area (Å²) in [5.74, 6) is 0. The fourth-order valence-electron chi connectivity index (χ4n) is 0.425. The molecule has 54 valence electrons. The molecule has 0 saturated heterocycles. The summed E-state index contributed by atoms with van der Waals surface area (Å²) >= 11 is 0. The summed E-state index contributed by atoms with van der Waals surface area (Å²) in [5.41, 5.74) is 2.55. The average Bonchev–Trinajstić information content (AvgIpc) is 1.89. The van der Waals surface area contributed by atoms with E-state index in [0.29, 0.717) is 12.8 Å². The monoisotopic (exact) mass is 132 g/mol. The molecule has 0 spiro atoms. The maximum atomic E-state index is 12.3. The van der Waals surface area contributed by atoms with Gasteiger partial charge in [0, 0.05) is 19.7 Å². The van der Waals surface area contributed by atoms with Crippen molar-refractivity contribution in [3.8, 4) is 0 Å². The van der Waals surface area contributed by atoms with E-state index in [0.717, 1.165) is 0 Å². The lowest BCUT2D eigenvalue weighted by Gasteiger charge is -1.96. The zero-order valence-electron chi connectivity index (χ0n) is 5.89. The third-order valence-electron chi connectivity index (χ3n) is 1.02. The number of alkyl halides is 1. The Morgan fingerprint density at radius 3 is 2.89 bits per heavy atom. The highest BCUT2D eigenvalue weighted by Crippen LogP contribution is 1.98. The van der Waals surface area contributed by atoms with E-state index in [1.165, 1.54) is 0 Å². The van der Waals surface area contributed by atoms with Gasteiger partial charge in [0.05, 0.1) is 0 Å². The summed E-state index contributed by atoms with van der Waals surface area (Å²) in [5, 5.41) is 3.64. The summed E-state index contributed by atoms with van der Waals surface area (Å²) in [6.45, 7) is 1.82. The van der Waals surface area contributed by atoms with Crippen molar-refractivity contribution < 1.29 is 4.39 Å². The van der Waals surface area contributed by atoms with E-state index >= 15 is 0 Å². The number of hydrazone groups is 1. The fraction of sp³-hybridized carbons (Fsp3) is 0.833. The molecule has 9 heavy (non-hydrogen) atoms. The van der Waals surface area contributed by atoms with Crippen LogP contribution in [0, 0.1) is 0 Å². The van der Waals surface area contributed by atoms with Crippen molar-refractivity contribution in [1.82, 2.24) is 5.43 Å². The first-order chi connectivity index (χ1) is 4.31. The molecule has 0 saturated carbocycles. The molecule has 0 amide bonds. The van der Waals surface area contributed by atoms with Gasteiger partial charge in [0.2, 0.25) is 0 Å². The second kappa shape index (κ2) is 5.54. The van der Waals surface area contributed by atoms with Crippen LogP contribution < -0.4 is 5.43 Å². The average molecular weight is 132 g/mol. The molecule has 1 atom stereocenters. The summed E-state index contributed by atoms with van der Waals surface area (Å²) in [6, 6.07) is 0. The van der Waals surface area contributed by atoms with Crippen LogP contribution in [-0.4, -0.2) is 19.4 Å². The Morgan fingerprint density at radius 2 is 2.44 bits per heavy atom. The Bertz CT molecular complexity index is 83.1. The van der Waals surface area contributed by atoms with Crippen molar-refractivity contribution in [2.45, 2.75) is 25.9 Å². The van der Waals surface area contributed by atoms with Gasteiger partial charge in [0.25, 0.3) is 0 Å². The molecular formula is C6H13FN2. The third-order valence-corrected chi connectivity index (χ3v) is 1.02. The second-order valence-corrected chi connectivity index (χ2v) is 1.78. The van der Waals surface area contributed by atoms with E-state index in [-0.39, 0.29) is 0 Å². The lowest BCUT2D eigenvalue weighted by molar-refractivity contribution is 0.336. The molecule has 1 unspecified atom stereocenters. The Morgan fingerprint density at radius 1 is 1.78 bits per heavy atom. The van der Waals surface area contributed by atoms with Crippen molar-refractivity contribution in [3.05, 3.63) is 0 Å². The molecule has 0 aromatic carbocycles. The Labute approximate surface area is 55.1 Å². The molecule has 0 aromatic rings. The van der Waals surface area contributed by atoms with Crippen molar-refractivity contribution in [2.75, 3.05) is 7.05 Å². The molecule has 0 fully saturated rings. The number of hydrogen-bond acceptors (Lipinski definition) is 2. The van der Waals surface area contributed by atoms with Gasteiger partial charge in [-0.25, -0.2) is 4.39 Å². The van der Waals surface area contributed by atoms with E-state index in [1.807, 2.05) is 6.92 Å². The first-order valence-electron chi connectivity index (χ1n) is 3.13. The van der Waals surface area contributed by atoms with Gasteiger partial charge in [-0.05, 0) is 6.42 Å². The van der Waals surface area contributed by atoms with Crippen LogP contribution in [0.25, 0.3) is 0 Å². The maximum absolute atomic E-state index is 12.3. The predicted octanol–water partition coefficient (Wildman–Crippen LogP) is 1.33. The van der Waals surface area contributed by atoms with Crippen LogP contribution in [0.15, 0.2) is 5.10 Å². The van der Waals surface area contributed by atoms with Gasteiger partial charge >= 0.3 is 0 Å². The normalized spacial score (nSPS) is 14.1. The zero-order chi connectivity index (χ0) is 7.11. The van der Waals surface area contributed by atoms with Crippen LogP contribution in [0.1, 0.15) is 19.8 Å². The minimum absolute atomic E-state index is 0.414. The van der Waals surface area contributed by atoms with Gasteiger partial charge in [-0.3, -0.25) is 0 Å². The van der Waals surface area contributed by atoms with Gasteiger partial charge in [-0.1, -0.05) is 6.92 Å². The molecular weight excluding hydrogens is 119 g/mol. The van der Waals surface area contributed by atoms with Crippen LogP contribution in [0.3, 0.4) is 0 Å². The van der Waals surface area contributed by atoms with Gasteiger partial charge in [0.1, 0.15) is 6.17 Å². The largest absolute Gasteiger partial charge is 0.313 e. The quantitative estimate of drug-likeness (QED) is 0.453. The van der Waals surface area contributed by atoms with Crippen LogP contribution in [0.2, 0.25) is 0 Å². The van der Waals surface area contributed by atoms with Crippen LogP contribution in [0.4, 0.5) is 4.39 Å². The molecule has 3 heteroatoms. The molecule has 0 aliphatic heterocycles. The SMILES string of the molecule is CCC(F)C/C=N/NC. The molecule has 0 radical (unpaired) electrons. The Hall–Kier alpha value is -0.600. The van der Waals surface area contributed by atoms with Gasteiger partial charge < -0.3 is 5.43 Å². The zero-order valence-corrected chi connectivity index (χ0v) is 5.89. The first-order valence-corrected chi connectivity index (χ1v) is 3.13. The summed E-state index contributed by atoms with van der Waals surface area (Å²) in [4.78, 5) is 0. The Balaban J connectivity index is 3.15. The van der Waals surface area contributed by atoms with E-state index in [1.54, 1.807) is 13.3 Å². The summed E-state index contributed by atoms with van der Waals surface area (Å²) in [7, 11) is 1.69. The summed E-state index contributed by atoms with van der Waals surface area (Å²) < 4.78 is 12.3. The minimum Gasteiger partial charge on any atom is -0.313 e. The molecule has 0 aliphatic rings. The lowest BCUT2D eigenvalue weighted by Crippen LogP contribution is -2.00. The van der Waals surface area contributed by atoms with Gasteiger partial charge in [0.15, 0.2) is 0 Å². The van der Waals surface area contributed by atoms with Crippen molar-refractivity contribution in [3.63, 3.8) is 0 Å². The Kier molecular flexibility index (Phi) is 5.17. The third kappa shape index (κ3) is 5.27. The molecule has 2 nitrogen and oxygen atoms in total. The number of nitrogens with one attached hydrogen (secondary N) is 1. The van der Waals surface area contributed by atoms with E-state index < -0.39 is 6.17 Å². The molecule has 0 aromatic heterocycles. The highest BCUT2D eigenvalue weighted by Gasteiger charge is 1.97. The van der Waals surface area contributed by atoms with E-state index in [2.05, 4.69) is 10.5 Å². The second-order valence-electron chi connectivity index (χ2n) is 1.78. The number of nitrogens with zero attached hydrogens (tertiary/aromatic N) is 1. The highest BCUT2D eigenvalue weighted by atomic mass is 19.1. The predicted molar refractivity (Wildman–Crippen MR) is 37.4 cm³/mol. The molecule has 0 aliphatic carbocycles. The molecule has 1 N–H and O–H groups in total. The topological polar surface area (TPSA) is 24.4 Å². The van der Waals surface area contributed by atoms with Gasteiger partial charge in [-0.15, -0.1) is 0 Å². The van der Waals surface area contributed by atoms with Crippen molar-refractivity contribution in [2.24, 2.45) is 5.10 Å². The minimum atomic E-state index is -0.734. The maximum Gasteiger partial charge on any atom is 0.105 e. The van der Waals surface area contributed by atoms with Gasteiger partial charge in [-0.2, -0.15) is 5.10 Å². The smallest absolute Gasteiger partial charge is 0.105 e. The van der Waals surface area contributed by atoms with E-state index in [4.69, 9.17) is 0 Å². The molecule has 0 bridgehead atoms. The lowest BCUT2D eigenvalue weighted by atomic mass is 10.2. The van der Waals surface area contributed by atoms with Crippen molar-refractivity contribution in [1.29, 1.82) is 0 Å². The molecule has 0 rings (SSSR count). The first kappa shape index (κ1) is 8.40. The fourth-order valence-corrected chi connectivity index (χ4v) is 0.425. The number of rotatable bonds is 4. The standard InChI is InChI=1S/C6H13FN2/c1-3-6(7)4-5-9-8-2/h5-6,8H,3-4H2,1-2H3/b9-5+. The molecule has 0 heterocycles. The van der Waals surface area contributed by atoms with Crippen LogP contribution in [-0.2, 0) is 0 Å². The summed E-state index contributed by atoms with van der Waals surface area (Å²) in [6.07, 6.45) is 1.79. The van der Waals surface area contributed by atoms with Crippen LogP contribution >= 0.6 is 0 Å². The van der Waals surface area contributed by atoms with Crippen molar-refractivity contribution >= 4 is 6.21 Å². The van der Waals surface area contributed by atoms with Crippen LogP contribution in [0.5, 0.6) is 0 Å². The highest BCUT2D eigenvalue weighted by molar-refractivity contribution is 5.57. The number of halogens is 1.